The molecule has 0 unspecified atom stereocenters. The fourth-order valence-electron chi connectivity index (χ4n) is 4.41. The minimum atomic E-state index is 0.191. The van der Waals surface area contributed by atoms with Gasteiger partial charge in [0.15, 0.2) is 5.82 Å². The third kappa shape index (κ3) is 4.07. The number of hydrogen-bond acceptors (Lipinski definition) is 4. The normalized spacial score (nSPS) is 15.1. The highest BCUT2D eigenvalue weighted by Crippen LogP contribution is 2.30. The first-order valence-electron chi connectivity index (χ1n) is 10.8. The average molecular weight is 395 g/mol. The minimum absolute atomic E-state index is 0.191. The van der Waals surface area contributed by atoms with Crippen molar-refractivity contribution in [3.63, 3.8) is 0 Å². The van der Waals surface area contributed by atoms with Crippen molar-refractivity contribution in [1.29, 1.82) is 0 Å². The monoisotopic (exact) mass is 394 g/mol. The number of hydrogen-bond donors (Lipinski definition) is 1. The summed E-state index contributed by atoms with van der Waals surface area (Å²) < 4.78 is 5.57. The van der Waals surface area contributed by atoms with Gasteiger partial charge in [-0.05, 0) is 43.9 Å². The molecule has 4 rings (SSSR count). The lowest BCUT2D eigenvalue weighted by atomic mass is 9.88. The van der Waals surface area contributed by atoms with Gasteiger partial charge in [0.05, 0.1) is 0 Å². The van der Waals surface area contributed by atoms with E-state index in [1.54, 1.807) is 0 Å². The van der Waals surface area contributed by atoms with Crippen LogP contribution in [0.3, 0.4) is 0 Å². The number of likely N-dealkylation sites (N-methyl/N-ethyl adjacent to an activating group) is 1. The Bertz CT molecular complexity index is 998. The molecule has 2 aromatic heterocycles. The van der Waals surface area contributed by atoms with E-state index in [-0.39, 0.29) is 11.8 Å². The summed E-state index contributed by atoms with van der Waals surface area (Å²) >= 11 is 0. The Kier molecular flexibility index (Phi) is 5.69. The average Bonchev–Trinajstić information content (AvgIpc) is 3.35. The van der Waals surface area contributed by atoms with Gasteiger partial charge >= 0.3 is 0 Å². The highest BCUT2D eigenvalue weighted by molar-refractivity contribution is 5.90. The standard InChI is InChI=1S/C23H30N4O2/c1-4-17-18-14-15(2)10-11-19(18)24-21(17)22-25-20(26-29-22)12-13-27(3)23(28)16-8-6-5-7-9-16/h10-11,14,16,24H,4-9,12-13H2,1-3H3. The van der Waals surface area contributed by atoms with E-state index in [4.69, 9.17) is 4.52 Å². The largest absolute Gasteiger partial charge is 0.350 e. The van der Waals surface area contributed by atoms with E-state index in [2.05, 4.69) is 47.2 Å². The lowest BCUT2D eigenvalue weighted by molar-refractivity contribution is -0.135. The molecule has 0 atom stereocenters. The molecule has 0 aliphatic heterocycles. The number of carbonyl (C=O) groups excluding carboxylic acids is 1. The van der Waals surface area contributed by atoms with Crippen LogP contribution in [-0.4, -0.2) is 39.5 Å². The predicted molar refractivity (Wildman–Crippen MR) is 114 cm³/mol. The van der Waals surface area contributed by atoms with Gasteiger partial charge in [0.1, 0.15) is 5.69 Å². The van der Waals surface area contributed by atoms with Gasteiger partial charge in [-0.3, -0.25) is 4.79 Å². The molecule has 2 heterocycles. The summed E-state index contributed by atoms with van der Waals surface area (Å²) in [6.45, 7) is 4.85. The van der Waals surface area contributed by atoms with Crippen molar-refractivity contribution in [2.45, 2.75) is 58.8 Å². The molecule has 0 radical (unpaired) electrons. The summed E-state index contributed by atoms with van der Waals surface area (Å²) in [6, 6.07) is 6.38. The number of benzene rings is 1. The van der Waals surface area contributed by atoms with E-state index in [0.29, 0.717) is 24.7 Å². The smallest absolute Gasteiger partial charge is 0.274 e. The van der Waals surface area contributed by atoms with E-state index in [9.17, 15) is 4.79 Å². The van der Waals surface area contributed by atoms with Crippen LogP contribution in [-0.2, 0) is 17.6 Å². The zero-order valence-electron chi connectivity index (χ0n) is 17.6. The van der Waals surface area contributed by atoms with E-state index in [0.717, 1.165) is 30.5 Å². The van der Waals surface area contributed by atoms with Crippen molar-refractivity contribution in [3.05, 3.63) is 35.2 Å². The summed E-state index contributed by atoms with van der Waals surface area (Å²) in [7, 11) is 1.88. The van der Waals surface area contributed by atoms with Crippen molar-refractivity contribution in [2.75, 3.05) is 13.6 Å². The van der Waals surface area contributed by atoms with Crippen LogP contribution in [0.1, 0.15) is 56.0 Å². The first-order chi connectivity index (χ1) is 14.1. The number of nitrogens with one attached hydrogen (secondary N) is 1. The number of nitrogens with zero attached hydrogens (tertiary/aromatic N) is 3. The summed E-state index contributed by atoms with van der Waals surface area (Å²) in [5.74, 6) is 1.61. The maximum atomic E-state index is 12.6. The van der Waals surface area contributed by atoms with Crippen LogP contribution in [0.4, 0.5) is 0 Å². The van der Waals surface area contributed by atoms with E-state index >= 15 is 0 Å². The van der Waals surface area contributed by atoms with Gasteiger partial charge in [-0.1, -0.05) is 43.0 Å². The molecule has 29 heavy (non-hydrogen) atoms. The number of rotatable bonds is 6. The first kappa shape index (κ1) is 19.7. The molecule has 1 fully saturated rings. The number of carbonyl (C=O) groups is 1. The van der Waals surface area contributed by atoms with Crippen LogP contribution in [0.2, 0.25) is 0 Å². The minimum Gasteiger partial charge on any atom is -0.350 e. The molecule has 0 spiro atoms. The Morgan fingerprint density at radius 2 is 2.07 bits per heavy atom. The fraction of sp³-hybridized carbons (Fsp3) is 0.522. The Morgan fingerprint density at radius 1 is 1.28 bits per heavy atom. The maximum Gasteiger partial charge on any atom is 0.274 e. The summed E-state index contributed by atoms with van der Waals surface area (Å²) in [6.07, 6.45) is 7.12. The number of aromatic amines is 1. The van der Waals surface area contributed by atoms with Crippen molar-refractivity contribution >= 4 is 16.8 Å². The molecule has 0 saturated heterocycles. The number of aryl methyl sites for hydroxylation is 2. The molecule has 6 heteroatoms. The molecule has 1 aliphatic carbocycles. The van der Waals surface area contributed by atoms with Crippen molar-refractivity contribution in [3.8, 4) is 11.6 Å². The van der Waals surface area contributed by atoms with E-state index in [1.165, 1.54) is 35.8 Å². The first-order valence-corrected chi connectivity index (χ1v) is 10.8. The molecule has 1 aromatic carbocycles. The molecule has 1 amide bonds. The second-order valence-electron chi connectivity index (χ2n) is 8.24. The van der Waals surface area contributed by atoms with Gasteiger partial charge in [-0.2, -0.15) is 4.98 Å². The molecular weight excluding hydrogens is 364 g/mol. The van der Waals surface area contributed by atoms with Gasteiger partial charge in [-0.15, -0.1) is 0 Å². The summed E-state index contributed by atoms with van der Waals surface area (Å²) in [5.41, 5.74) is 4.41. The molecule has 1 aliphatic rings. The third-order valence-corrected chi connectivity index (χ3v) is 6.10. The van der Waals surface area contributed by atoms with E-state index in [1.807, 2.05) is 11.9 Å². The highest BCUT2D eigenvalue weighted by Gasteiger charge is 2.24. The zero-order chi connectivity index (χ0) is 20.4. The molecular formula is C23H30N4O2. The number of amides is 1. The third-order valence-electron chi connectivity index (χ3n) is 6.10. The van der Waals surface area contributed by atoms with Crippen molar-refractivity contribution in [1.82, 2.24) is 20.0 Å². The van der Waals surface area contributed by atoms with Gasteiger partial charge in [-0.25, -0.2) is 0 Å². The summed E-state index contributed by atoms with van der Waals surface area (Å²) in [5, 5.41) is 5.36. The van der Waals surface area contributed by atoms with Crippen LogP contribution in [0, 0.1) is 12.8 Å². The maximum absolute atomic E-state index is 12.6. The zero-order valence-corrected chi connectivity index (χ0v) is 17.6. The van der Waals surface area contributed by atoms with Gasteiger partial charge < -0.3 is 14.4 Å². The second kappa shape index (κ2) is 8.39. The lowest BCUT2D eigenvalue weighted by Crippen LogP contribution is -2.35. The predicted octanol–water partition coefficient (Wildman–Crippen LogP) is 4.67. The van der Waals surface area contributed by atoms with Crippen LogP contribution >= 0.6 is 0 Å². The molecule has 154 valence electrons. The van der Waals surface area contributed by atoms with Crippen LogP contribution < -0.4 is 0 Å². The van der Waals surface area contributed by atoms with Gasteiger partial charge in [0.25, 0.3) is 5.89 Å². The number of H-pyrrole nitrogens is 1. The molecule has 1 saturated carbocycles. The molecule has 6 nitrogen and oxygen atoms in total. The number of fused-ring (bicyclic) bond motifs is 1. The lowest BCUT2D eigenvalue weighted by Gasteiger charge is -2.26. The van der Waals surface area contributed by atoms with E-state index < -0.39 is 0 Å². The quantitative estimate of drug-likeness (QED) is 0.659. The Balaban J connectivity index is 1.46. The number of aromatic nitrogens is 3. The summed E-state index contributed by atoms with van der Waals surface area (Å²) in [4.78, 5) is 22.5. The van der Waals surface area contributed by atoms with Crippen molar-refractivity contribution < 1.29 is 9.32 Å². The highest BCUT2D eigenvalue weighted by atomic mass is 16.5. The Hall–Kier alpha value is -2.63. The SMILES string of the molecule is CCc1c(-c2nc(CCN(C)C(=O)C3CCCCC3)no2)[nH]c2ccc(C)cc12. The van der Waals surface area contributed by atoms with Gasteiger partial charge in [0, 0.05) is 36.8 Å². The van der Waals surface area contributed by atoms with Crippen LogP contribution in [0.15, 0.2) is 22.7 Å². The topological polar surface area (TPSA) is 75.0 Å². The van der Waals surface area contributed by atoms with Crippen LogP contribution in [0.5, 0.6) is 0 Å². The molecule has 1 N–H and O–H groups in total. The Labute approximate surface area is 171 Å². The molecule has 3 aromatic rings. The Morgan fingerprint density at radius 3 is 2.83 bits per heavy atom. The van der Waals surface area contributed by atoms with Gasteiger partial charge in [0.2, 0.25) is 5.91 Å². The van der Waals surface area contributed by atoms with Crippen LogP contribution in [0.25, 0.3) is 22.5 Å². The fourth-order valence-corrected chi connectivity index (χ4v) is 4.41. The second-order valence-corrected chi connectivity index (χ2v) is 8.24. The molecule has 0 bridgehead atoms. The van der Waals surface area contributed by atoms with Crippen molar-refractivity contribution in [2.24, 2.45) is 5.92 Å².